The van der Waals surface area contributed by atoms with Gasteiger partial charge in [0.1, 0.15) is 11.5 Å². The predicted octanol–water partition coefficient (Wildman–Crippen LogP) is -0.264. The van der Waals surface area contributed by atoms with E-state index in [1.807, 2.05) is 20.8 Å². The Kier molecular flexibility index (Phi) is 3.64. The number of nitrogens with zero attached hydrogens (tertiary/aromatic N) is 2. The molecule has 7 heteroatoms. The molecule has 20 heavy (non-hydrogen) atoms. The van der Waals surface area contributed by atoms with Crippen LogP contribution in [-0.4, -0.2) is 33.3 Å². The van der Waals surface area contributed by atoms with E-state index in [4.69, 9.17) is 5.73 Å². The number of aromatic nitrogens is 2. The van der Waals surface area contributed by atoms with Crippen molar-refractivity contribution in [3.8, 4) is 0 Å². The first-order valence-electron chi connectivity index (χ1n) is 6.87. The van der Waals surface area contributed by atoms with E-state index in [2.05, 4.69) is 4.98 Å². The van der Waals surface area contributed by atoms with Gasteiger partial charge in [0, 0.05) is 19.6 Å². The van der Waals surface area contributed by atoms with E-state index in [-0.39, 0.29) is 17.4 Å². The summed E-state index contributed by atoms with van der Waals surface area (Å²) in [5, 5.41) is 10.0. The first kappa shape index (κ1) is 14.6. The number of anilines is 2. The molecule has 1 aromatic rings. The van der Waals surface area contributed by atoms with Crippen molar-refractivity contribution in [3.05, 3.63) is 20.8 Å². The van der Waals surface area contributed by atoms with Crippen molar-refractivity contribution in [3.63, 3.8) is 0 Å². The molecule has 4 N–H and O–H groups in total. The lowest BCUT2D eigenvalue weighted by Crippen LogP contribution is -2.63. The number of hydrogen-bond donors (Lipinski definition) is 3. The molecule has 0 spiro atoms. The lowest BCUT2D eigenvalue weighted by atomic mass is 9.91. The molecule has 0 unspecified atom stereocenters. The van der Waals surface area contributed by atoms with E-state index in [0.717, 1.165) is 0 Å². The van der Waals surface area contributed by atoms with Crippen molar-refractivity contribution < 1.29 is 5.11 Å². The molecule has 0 atom stereocenters. The maximum absolute atomic E-state index is 12.0. The minimum Gasteiger partial charge on any atom is -0.386 e. The molecule has 7 nitrogen and oxygen atoms in total. The van der Waals surface area contributed by atoms with Crippen molar-refractivity contribution >= 4 is 11.5 Å². The Hall–Kier alpha value is -1.76. The van der Waals surface area contributed by atoms with Crippen molar-refractivity contribution in [2.24, 2.45) is 5.92 Å². The fourth-order valence-corrected chi connectivity index (χ4v) is 2.48. The van der Waals surface area contributed by atoms with Crippen LogP contribution in [0.15, 0.2) is 9.59 Å². The lowest BCUT2D eigenvalue weighted by molar-refractivity contribution is 0.00840. The molecule has 1 aromatic heterocycles. The average Bonchev–Trinajstić information content (AvgIpc) is 2.31. The summed E-state index contributed by atoms with van der Waals surface area (Å²) >= 11 is 0. The van der Waals surface area contributed by atoms with E-state index >= 15 is 0 Å². The van der Waals surface area contributed by atoms with Gasteiger partial charge >= 0.3 is 5.69 Å². The number of nitrogens with one attached hydrogen (secondary N) is 1. The van der Waals surface area contributed by atoms with Gasteiger partial charge in [0.2, 0.25) is 0 Å². The highest BCUT2D eigenvalue weighted by Crippen LogP contribution is 2.30. The normalized spacial score (nSPS) is 17.4. The maximum atomic E-state index is 12.0. The quantitative estimate of drug-likeness (QED) is 0.705. The summed E-state index contributed by atoms with van der Waals surface area (Å²) in [6, 6.07) is 0. The van der Waals surface area contributed by atoms with Gasteiger partial charge in [-0.2, -0.15) is 0 Å². The number of hydrogen-bond acceptors (Lipinski definition) is 5. The Morgan fingerprint density at radius 1 is 1.40 bits per heavy atom. The van der Waals surface area contributed by atoms with Crippen LogP contribution in [0.4, 0.5) is 11.5 Å². The molecule has 1 aliphatic rings. The Bertz CT molecular complexity index is 611. The van der Waals surface area contributed by atoms with E-state index in [1.54, 1.807) is 4.90 Å². The van der Waals surface area contributed by atoms with Crippen LogP contribution >= 0.6 is 0 Å². The summed E-state index contributed by atoms with van der Waals surface area (Å²) in [5.41, 5.74) is 4.52. The standard InChI is InChI=1S/C13H22N4O3/c1-4-13(20)6-16(7-13)9-10(14)17(5-8(2)3)12(19)15-11(9)18/h8,20H,4-7,14H2,1-3H3,(H,15,18,19). The molecule has 0 radical (unpaired) electrons. The topological polar surface area (TPSA) is 104 Å². The third-order valence-electron chi connectivity index (χ3n) is 3.71. The van der Waals surface area contributed by atoms with Crippen LogP contribution in [0, 0.1) is 5.92 Å². The molecule has 1 saturated heterocycles. The zero-order chi connectivity index (χ0) is 15.1. The number of aromatic amines is 1. The summed E-state index contributed by atoms with van der Waals surface area (Å²) in [6.45, 7) is 6.99. The van der Waals surface area contributed by atoms with Crippen molar-refractivity contribution in [1.82, 2.24) is 9.55 Å². The van der Waals surface area contributed by atoms with Crippen LogP contribution in [0.2, 0.25) is 0 Å². The van der Waals surface area contributed by atoms with Gasteiger partial charge < -0.3 is 15.7 Å². The Morgan fingerprint density at radius 3 is 2.50 bits per heavy atom. The predicted molar refractivity (Wildman–Crippen MR) is 78.0 cm³/mol. The molecule has 0 aliphatic carbocycles. The minimum atomic E-state index is -0.766. The van der Waals surface area contributed by atoms with E-state index in [1.165, 1.54) is 4.57 Å². The number of aliphatic hydroxyl groups is 1. The lowest BCUT2D eigenvalue weighted by Gasteiger charge is -2.47. The van der Waals surface area contributed by atoms with Gasteiger partial charge in [-0.05, 0) is 12.3 Å². The maximum Gasteiger partial charge on any atom is 0.330 e. The van der Waals surface area contributed by atoms with Gasteiger partial charge in [-0.1, -0.05) is 20.8 Å². The fourth-order valence-electron chi connectivity index (χ4n) is 2.48. The summed E-state index contributed by atoms with van der Waals surface area (Å²) < 4.78 is 1.38. The summed E-state index contributed by atoms with van der Waals surface area (Å²) in [7, 11) is 0. The molecule has 0 aromatic carbocycles. The van der Waals surface area contributed by atoms with Crippen LogP contribution in [0.1, 0.15) is 27.2 Å². The number of H-pyrrole nitrogens is 1. The molecular weight excluding hydrogens is 260 g/mol. The highest BCUT2D eigenvalue weighted by Gasteiger charge is 2.41. The first-order valence-corrected chi connectivity index (χ1v) is 6.87. The summed E-state index contributed by atoms with van der Waals surface area (Å²) in [6.07, 6.45) is 0.618. The summed E-state index contributed by atoms with van der Waals surface area (Å²) in [5.74, 6) is 0.406. The van der Waals surface area contributed by atoms with E-state index in [9.17, 15) is 14.7 Å². The third kappa shape index (κ3) is 2.45. The molecular formula is C13H22N4O3. The highest BCUT2D eigenvalue weighted by molar-refractivity contribution is 5.64. The highest BCUT2D eigenvalue weighted by atomic mass is 16.3. The van der Waals surface area contributed by atoms with Gasteiger partial charge in [0.15, 0.2) is 0 Å². The Morgan fingerprint density at radius 2 is 2.00 bits per heavy atom. The minimum absolute atomic E-state index is 0.172. The molecule has 2 rings (SSSR count). The fraction of sp³-hybridized carbons (Fsp3) is 0.692. The van der Waals surface area contributed by atoms with Crippen LogP contribution in [0.5, 0.6) is 0 Å². The molecule has 1 aliphatic heterocycles. The molecule has 2 heterocycles. The smallest absolute Gasteiger partial charge is 0.330 e. The number of nitrogen functional groups attached to an aromatic ring is 1. The van der Waals surface area contributed by atoms with Crippen molar-refractivity contribution in [2.45, 2.75) is 39.3 Å². The molecule has 112 valence electrons. The monoisotopic (exact) mass is 282 g/mol. The first-order chi connectivity index (χ1) is 9.27. The largest absolute Gasteiger partial charge is 0.386 e. The Labute approximate surface area is 117 Å². The zero-order valence-electron chi connectivity index (χ0n) is 12.1. The second kappa shape index (κ2) is 4.97. The van der Waals surface area contributed by atoms with Crippen LogP contribution < -0.4 is 21.9 Å². The third-order valence-corrected chi connectivity index (χ3v) is 3.71. The average molecular weight is 282 g/mol. The molecule has 1 fully saturated rings. The second-order valence-electron chi connectivity index (χ2n) is 5.93. The van der Waals surface area contributed by atoms with Gasteiger partial charge in [-0.3, -0.25) is 14.3 Å². The summed E-state index contributed by atoms with van der Waals surface area (Å²) in [4.78, 5) is 27.8. The molecule has 0 bridgehead atoms. The zero-order valence-corrected chi connectivity index (χ0v) is 12.1. The molecule has 0 amide bonds. The van der Waals surface area contributed by atoms with Gasteiger partial charge in [-0.15, -0.1) is 0 Å². The van der Waals surface area contributed by atoms with Gasteiger partial charge in [0.05, 0.1) is 5.60 Å². The number of β-amino-alcohol motifs (C(OH)–C–C–N with tert-alkyl or cyclic N) is 1. The van der Waals surface area contributed by atoms with Crippen molar-refractivity contribution in [1.29, 1.82) is 0 Å². The van der Waals surface area contributed by atoms with Crippen LogP contribution in [0.3, 0.4) is 0 Å². The SMILES string of the molecule is CCC1(O)CN(c2c(N)n(CC(C)C)c(=O)[nH]c2=O)C1. The van der Waals surface area contributed by atoms with Crippen molar-refractivity contribution in [2.75, 3.05) is 23.7 Å². The number of nitrogens with two attached hydrogens (primary N) is 1. The van der Waals surface area contributed by atoms with Gasteiger partial charge in [0.25, 0.3) is 5.56 Å². The van der Waals surface area contributed by atoms with Gasteiger partial charge in [-0.25, -0.2) is 4.79 Å². The molecule has 0 saturated carbocycles. The second-order valence-corrected chi connectivity index (χ2v) is 5.93. The van der Waals surface area contributed by atoms with E-state index in [0.29, 0.717) is 26.1 Å². The van der Waals surface area contributed by atoms with Crippen LogP contribution in [0.25, 0.3) is 0 Å². The van der Waals surface area contributed by atoms with E-state index < -0.39 is 16.9 Å². The van der Waals surface area contributed by atoms with Crippen LogP contribution in [-0.2, 0) is 6.54 Å². The Balaban J connectivity index is 2.40. The number of rotatable bonds is 4.